The summed E-state index contributed by atoms with van der Waals surface area (Å²) in [5.41, 5.74) is 2.58. The van der Waals surface area contributed by atoms with Crippen LogP contribution < -0.4 is 9.47 Å². The molecule has 0 bridgehead atoms. The van der Waals surface area contributed by atoms with E-state index < -0.39 is 5.25 Å². The third-order valence-electron chi connectivity index (χ3n) is 6.29. The molecular weight excluding hydrogens is 548 g/mol. The Bertz CT molecular complexity index is 1640. The van der Waals surface area contributed by atoms with E-state index in [1.54, 1.807) is 12.1 Å². The van der Waals surface area contributed by atoms with Gasteiger partial charge >= 0.3 is 0 Å². The topological polar surface area (TPSA) is 92.3 Å². The van der Waals surface area contributed by atoms with Gasteiger partial charge in [-0.2, -0.15) is 0 Å². The highest BCUT2D eigenvalue weighted by atomic mass is 35.5. The Morgan fingerprint density at radius 3 is 2.48 bits per heavy atom. The molecule has 204 valence electrons. The van der Waals surface area contributed by atoms with Gasteiger partial charge in [0.15, 0.2) is 16.7 Å². The fourth-order valence-electron chi connectivity index (χ4n) is 4.38. The molecule has 0 fully saturated rings. The lowest BCUT2D eigenvalue weighted by Crippen LogP contribution is -2.11. The van der Waals surface area contributed by atoms with E-state index in [4.69, 9.17) is 21.1 Å². The number of rotatable bonds is 11. The maximum Gasteiger partial charge on any atom is 0.220 e. The molecule has 0 N–H and O–H groups in total. The number of aryl methyl sites for hydroxylation is 1. The fraction of sp³-hybridized carbons (Fsp3) is 0.200. The van der Waals surface area contributed by atoms with Crippen LogP contribution in [0.25, 0.3) is 16.5 Å². The lowest BCUT2D eigenvalue weighted by atomic mass is 10.1. The van der Waals surface area contributed by atoms with Gasteiger partial charge in [0, 0.05) is 15.6 Å². The number of nitro groups is 1. The molecule has 1 atom stereocenters. The van der Waals surface area contributed by atoms with Crippen molar-refractivity contribution < 1.29 is 14.4 Å². The molecule has 8 nitrogen and oxygen atoms in total. The van der Waals surface area contributed by atoms with Gasteiger partial charge in [0.05, 0.1) is 6.61 Å². The summed E-state index contributed by atoms with van der Waals surface area (Å²) in [6.07, 6.45) is 0. The molecule has 0 radical (unpaired) electrons. The number of nitrogens with zero attached hydrogens (tertiary/aromatic N) is 4. The van der Waals surface area contributed by atoms with Gasteiger partial charge in [-0.05, 0) is 78.2 Å². The maximum atomic E-state index is 11.7. The Balaban J connectivity index is 1.41. The molecule has 0 saturated heterocycles. The summed E-state index contributed by atoms with van der Waals surface area (Å²) < 4.78 is 13.9. The van der Waals surface area contributed by atoms with Crippen molar-refractivity contribution in [3.63, 3.8) is 0 Å². The standard InChI is InChI=1S/C30H27ClN4O4S/c1-3-38-28-17-24(10-15-27(28)39-19-21-8-9-22-6-4-5-7-23(22)16-21)29(18-34(36)37)40-30-33-32-20(2)35(30)26-13-11-25(31)12-14-26/h4-17,29H,3,18-19H2,1-2H3/t29-/m0/s1. The Kier molecular flexibility index (Phi) is 8.52. The third-order valence-corrected chi connectivity index (χ3v) is 7.72. The van der Waals surface area contributed by atoms with Crippen molar-refractivity contribution in [1.29, 1.82) is 0 Å². The van der Waals surface area contributed by atoms with E-state index in [2.05, 4.69) is 34.5 Å². The number of halogens is 1. The smallest absolute Gasteiger partial charge is 0.220 e. The quantitative estimate of drug-likeness (QED) is 0.0917. The van der Waals surface area contributed by atoms with Crippen LogP contribution in [0.1, 0.15) is 29.1 Å². The minimum absolute atomic E-state index is 0.306. The predicted octanol–water partition coefficient (Wildman–Crippen LogP) is 7.47. The van der Waals surface area contributed by atoms with Crippen LogP contribution >= 0.6 is 23.4 Å². The second-order valence-corrected chi connectivity index (χ2v) is 10.7. The van der Waals surface area contributed by atoms with Crippen LogP contribution in [0.4, 0.5) is 0 Å². The normalized spacial score (nSPS) is 11.9. The van der Waals surface area contributed by atoms with Crippen LogP contribution in [0.2, 0.25) is 5.02 Å². The molecule has 0 saturated carbocycles. The molecular formula is C30H27ClN4O4S. The summed E-state index contributed by atoms with van der Waals surface area (Å²) in [7, 11) is 0. The first-order chi connectivity index (χ1) is 19.4. The zero-order valence-corrected chi connectivity index (χ0v) is 23.6. The lowest BCUT2D eigenvalue weighted by molar-refractivity contribution is -0.479. The van der Waals surface area contributed by atoms with Crippen molar-refractivity contribution in [2.24, 2.45) is 0 Å². The summed E-state index contributed by atoms with van der Waals surface area (Å²) in [5.74, 6) is 1.77. The van der Waals surface area contributed by atoms with E-state index in [-0.39, 0.29) is 11.5 Å². The Hall–Kier alpha value is -4.08. The monoisotopic (exact) mass is 574 g/mol. The number of benzene rings is 4. The van der Waals surface area contributed by atoms with Gasteiger partial charge in [0.2, 0.25) is 6.54 Å². The minimum atomic E-state index is -0.543. The van der Waals surface area contributed by atoms with Gasteiger partial charge in [0.25, 0.3) is 0 Å². The summed E-state index contributed by atoms with van der Waals surface area (Å²) in [6.45, 7) is 4.21. The average molecular weight is 575 g/mol. The molecule has 0 amide bonds. The molecule has 0 aliphatic heterocycles. The van der Waals surface area contributed by atoms with Gasteiger partial charge < -0.3 is 9.47 Å². The number of hydrogen-bond acceptors (Lipinski definition) is 7. The zero-order valence-electron chi connectivity index (χ0n) is 22.0. The molecule has 0 aliphatic carbocycles. The van der Waals surface area contributed by atoms with Crippen molar-refractivity contribution >= 4 is 34.1 Å². The molecule has 0 aliphatic rings. The molecule has 0 unspecified atom stereocenters. The van der Waals surface area contributed by atoms with Crippen LogP contribution in [0.3, 0.4) is 0 Å². The second kappa shape index (κ2) is 12.4. The molecule has 0 spiro atoms. The van der Waals surface area contributed by atoms with Crippen molar-refractivity contribution in [3.8, 4) is 17.2 Å². The molecule has 1 aromatic heterocycles. The Morgan fingerprint density at radius 1 is 0.950 bits per heavy atom. The molecule has 1 heterocycles. The molecule has 4 aromatic carbocycles. The van der Waals surface area contributed by atoms with Crippen molar-refractivity contribution in [2.75, 3.05) is 13.2 Å². The first-order valence-corrected chi connectivity index (χ1v) is 14.0. The molecule has 5 rings (SSSR count). The van der Waals surface area contributed by atoms with Gasteiger partial charge in [-0.25, -0.2) is 0 Å². The van der Waals surface area contributed by atoms with E-state index in [0.717, 1.165) is 22.2 Å². The zero-order chi connectivity index (χ0) is 28.1. The maximum absolute atomic E-state index is 11.7. The van der Waals surface area contributed by atoms with Crippen LogP contribution in [0.15, 0.2) is 90.1 Å². The summed E-state index contributed by atoms with van der Waals surface area (Å²) in [6, 6.07) is 27.1. The highest BCUT2D eigenvalue weighted by molar-refractivity contribution is 7.99. The van der Waals surface area contributed by atoms with Crippen molar-refractivity contribution in [1.82, 2.24) is 14.8 Å². The first kappa shape index (κ1) is 27.5. The summed E-state index contributed by atoms with van der Waals surface area (Å²) in [4.78, 5) is 11.4. The average Bonchev–Trinajstić information content (AvgIpc) is 3.31. The molecule has 10 heteroatoms. The Labute approximate surface area is 241 Å². The number of ether oxygens (including phenoxy) is 2. The Morgan fingerprint density at radius 2 is 1.73 bits per heavy atom. The van der Waals surface area contributed by atoms with E-state index >= 15 is 0 Å². The van der Waals surface area contributed by atoms with Gasteiger partial charge in [-0.3, -0.25) is 14.7 Å². The number of hydrogen-bond donors (Lipinski definition) is 0. The van der Waals surface area contributed by atoms with Gasteiger partial charge in [-0.15, -0.1) is 10.2 Å². The number of thioether (sulfide) groups is 1. The van der Waals surface area contributed by atoms with Crippen LogP contribution in [0.5, 0.6) is 11.5 Å². The highest BCUT2D eigenvalue weighted by Gasteiger charge is 2.25. The third kappa shape index (κ3) is 6.38. The van der Waals surface area contributed by atoms with E-state index in [1.807, 2.05) is 66.9 Å². The SMILES string of the molecule is CCOc1cc([C@H](C[N+](=O)[O-])Sc2nnc(C)n2-c2ccc(Cl)cc2)ccc1OCc1ccc2ccccc2c1. The summed E-state index contributed by atoms with van der Waals surface area (Å²) in [5, 5.41) is 23.1. The van der Waals surface area contributed by atoms with E-state index in [1.165, 1.54) is 17.1 Å². The van der Waals surface area contributed by atoms with E-state index in [9.17, 15) is 10.1 Å². The first-order valence-electron chi connectivity index (χ1n) is 12.7. The molecule has 5 aromatic rings. The van der Waals surface area contributed by atoms with Crippen molar-refractivity contribution in [2.45, 2.75) is 30.9 Å². The van der Waals surface area contributed by atoms with Crippen LogP contribution in [-0.2, 0) is 6.61 Å². The van der Waals surface area contributed by atoms with Crippen LogP contribution in [-0.4, -0.2) is 32.8 Å². The van der Waals surface area contributed by atoms with Gasteiger partial charge in [0.1, 0.15) is 17.7 Å². The minimum Gasteiger partial charge on any atom is -0.490 e. The number of aromatic nitrogens is 3. The number of fused-ring (bicyclic) bond motifs is 1. The fourth-order valence-corrected chi connectivity index (χ4v) is 5.67. The predicted molar refractivity (Wildman–Crippen MR) is 157 cm³/mol. The van der Waals surface area contributed by atoms with E-state index in [0.29, 0.717) is 40.7 Å². The largest absolute Gasteiger partial charge is 0.490 e. The van der Waals surface area contributed by atoms with Gasteiger partial charge in [-0.1, -0.05) is 65.8 Å². The second-order valence-electron chi connectivity index (χ2n) is 9.07. The molecule has 40 heavy (non-hydrogen) atoms. The lowest BCUT2D eigenvalue weighted by Gasteiger charge is -2.17. The van der Waals surface area contributed by atoms with Crippen molar-refractivity contribution in [3.05, 3.63) is 117 Å². The summed E-state index contributed by atoms with van der Waals surface area (Å²) >= 11 is 7.34. The highest BCUT2D eigenvalue weighted by Crippen LogP contribution is 2.40. The van der Waals surface area contributed by atoms with Crippen LogP contribution in [0, 0.1) is 17.0 Å².